The molecule has 0 aliphatic rings. The minimum atomic E-state index is -0.0668. The molecule has 0 amide bonds. The topological polar surface area (TPSA) is 60.9 Å². The van der Waals surface area contributed by atoms with Gasteiger partial charge in [0.15, 0.2) is 0 Å². The van der Waals surface area contributed by atoms with Gasteiger partial charge in [-0.05, 0) is 24.1 Å². The van der Waals surface area contributed by atoms with Crippen molar-refractivity contribution in [2.45, 2.75) is 20.4 Å². The number of hydrogen-bond donors (Lipinski definition) is 1. The fourth-order valence-electron chi connectivity index (χ4n) is 1.73. The Labute approximate surface area is 106 Å². The normalized spacial score (nSPS) is 10.8. The molecule has 2 rings (SSSR count). The number of nitrogens with two attached hydrogens (primary N) is 1. The van der Waals surface area contributed by atoms with E-state index in [0.29, 0.717) is 18.2 Å². The smallest absolute Gasteiger partial charge is 0.266 e. The number of hydrogen-bond acceptors (Lipinski definition) is 3. The molecule has 1 aromatic carbocycles. The largest absolute Gasteiger partial charge is 0.399 e. The van der Waals surface area contributed by atoms with Gasteiger partial charge in [-0.3, -0.25) is 4.79 Å². The van der Waals surface area contributed by atoms with Crippen LogP contribution in [0.15, 0.2) is 41.2 Å². The van der Waals surface area contributed by atoms with E-state index in [4.69, 9.17) is 5.73 Å². The molecule has 94 valence electrons. The van der Waals surface area contributed by atoms with E-state index < -0.39 is 0 Å². The minimum absolute atomic E-state index is 0.0668. The predicted molar refractivity (Wildman–Crippen MR) is 73.2 cm³/mol. The highest BCUT2D eigenvalue weighted by molar-refractivity contribution is 5.61. The monoisotopic (exact) mass is 243 g/mol. The molecule has 18 heavy (non-hydrogen) atoms. The highest BCUT2D eigenvalue weighted by Crippen LogP contribution is 2.16. The average molecular weight is 243 g/mol. The minimum Gasteiger partial charge on any atom is -0.399 e. The molecule has 0 fully saturated rings. The van der Waals surface area contributed by atoms with Crippen LogP contribution in [0.5, 0.6) is 0 Å². The van der Waals surface area contributed by atoms with Crippen LogP contribution in [-0.4, -0.2) is 9.78 Å². The number of benzene rings is 1. The van der Waals surface area contributed by atoms with Crippen LogP contribution in [0, 0.1) is 5.92 Å². The van der Waals surface area contributed by atoms with E-state index >= 15 is 0 Å². The molecule has 2 N–H and O–H groups in total. The van der Waals surface area contributed by atoms with Crippen molar-refractivity contribution in [3.05, 3.63) is 46.8 Å². The second-order valence-electron chi connectivity index (χ2n) is 4.75. The standard InChI is InChI=1S/C14H17N3O/c1-10(2)9-17-14(18)8-7-13(16-17)11-3-5-12(15)6-4-11/h3-8,10H,9,15H2,1-2H3. The van der Waals surface area contributed by atoms with E-state index in [0.717, 1.165) is 11.3 Å². The van der Waals surface area contributed by atoms with Gasteiger partial charge >= 0.3 is 0 Å². The Balaban J connectivity index is 2.40. The van der Waals surface area contributed by atoms with Crippen molar-refractivity contribution in [1.82, 2.24) is 9.78 Å². The SMILES string of the molecule is CC(C)Cn1nc(-c2ccc(N)cc2)ccc1=O. The summed E-state index contributed by atoms with van der Waals surface area (Å²) in [6.45, 7) is 4.75. The van der Waals surface area contributed by atoms with E-state index in [2.05, 4.69) is 18.9 Å². The zero-order chi connectivity index (χ0) is 13.1. The summed E-state index contributed by atoms with van der Waals surface area (Å²) >= 11 is 0. The summed E-state index contributed by atoms with van der Waals surface area (Å²) < 4.78 is 1.51. The van der Waals surface area contributed by atoms with Crippen LogP contribution in [0.2, 0.25) is 0 Å². The summed E-state index contributed by atoms with van der Waals surface area (Å²) in [6, 6.07) is 10.8. The predicted octanol–water partition coefficient (Wildman–Crippen LogP) is 2.15. The van der Waals surface area contributed by atoms with Crippen molar-refractivity contribution in [3.63, 3.8) is 0 Å². The van der Waals surface area contributed by atoms with Gasteiger partial charge in [0.1, 0.15) is 0 Å². The molecule has 0 atom stereocenters. The average Bonchev–Trinajstić information content (AvgIpc) is 2.32. The highest BCUT2D eigenvalue weighted by atomic mass is 16.1. The maximum absolute atomic E-state index is 11.7. The number of aromatic nitrogens is 2. The van der Waals surface area contributed by atoms with Crippen molar-refractivity contribution in [2.24, 2.45) is 5.92 Å². The van der Waals surface area contributed by atoms with Gasteiger partial charge in [0.25, 0.3) is 5.56 Å². The Morgan fingerprint density at radius 3 is 2.44 bits per heavy atom. The Bertz CT molecular complexity index is 585. The second-order valence-corrected chi connectivity index (χ2v) is 4.75. The first-order valence-electron chi connectivity index (χ1n) is 6.00. The van der Waals surface area contributed by atoms with E-state index in [9.17, 15) is 4.79 Å². The molecule has 0 aliphatic heterocycles. The maximum atomic E-state index is 11.7. The van der Waals surface area contributed by atoms with Crippen molar-refractivity contribution < 1.29 is 0 Å². The Morgan fingerprint density at radius 1 is 1.17 bits per heavy atom. The molecular weight excluding hydrogens is 226 g/mol. The summed E-state index contributed by atoms with van der Waals surface area (Å²) in [4.78, 5) is 11.7. The zero-order valence-electron chi connectivity index (χ0n) is 10.6. The van der Waals surface area contributed by atoms with Gasteiger partial charge in [-0.25, -0.2) is 4.68 Å². The van der Waals surface area contributed by atoms with Gasteiger partial charge in [-0.1, -0.05) is 26.0 Å². The van der Waals surface area contributed by atoms with Gasteiger partial charge in [0, 0.05) is 23.9 Å². The molecule has 4 heteroatoms. The van der Waals surface area contributed by atoms with E-state index in [1.807, 2.05) is 24.3 Å². The van der Waals surface area contributed by atoms with Gasteiger partial charge in [-0.2, -0.15) is 5.10 Å². The fourth-order valence-corrected chi connectivity index (χ4v) is 1.73. The van der Waals surface area contributed by atoms with Crippen molar-refractivity contribution in [3.8, 4) is 11.3 Å². The molecule has 0 bridgehead atoms. The van der Waals surface area contributed by atoms with E-state index in [1.165, 1.54) is 4.68 Å². The molecule has 0 unspecified atom stereocenters. The summed E-state index contributed by atoms with van der Waals surface area (Å²) in [5.41, 5.74) is 8.05. The number of nitrogen functional groups attached to an aromatic ring is 1. The molecule has 0 saturated heterocycles. The zero-order valence-corrected chi connectivity index (χ0v) is 10.6. The maximum Gasteiger partial charge on any atom is 0.266 e. The summed E-state index contributed by atoms with van der Waals surface area (Å²) in [7, 11) is 0. The van der Waals surface area contributed by atoms with Gasteiger partial charge in [-0.15, -0.1) is 0 Å². The molecule has 1 heterocycles. The van der Waals surface area contributed by atoms with Crippen LogP contribution >= 0.6 is 0 Å². The third-order valence-electron chi connectivity index (χ3n) is 2.61. The summed E-state index contributed by atoms with van der Waals surface area (Å²) in [5, 5.41) is 4.38. The molecule has 0 aliphatic carbocycles. The van der Waals surface area contributed by atoms with Crippen LogP contribution in [0.1, 0.15) is 13.8 Å². The lowest BCUT2D eigenvalue weighted by molar-refractivity contribution is 0.465. The van der Waals surface area contributed by atoms with E-state index in [1.54, 1.807) is 12.1 Å². The second kappa shape index (κ2) is 5.04. The van der Waals surface area contributed by atoms with Crippen LogP contribution in [-0.2, 0) is 6.54 Å². The molecule has 0 radical (unpaired) electrons. The van der Waals surface area contributed by atoms with Gasteiger partial charge < -0.3 is 5.73 Å². The van der Waals surface area contributed by atoms with Gasteiger partial charge in [0.05, 0.1) is 5.69 Å². The quantitative estimate of drug-likeness (QED) is 0.840. The summed E-state index contributed by atoms with van der Waals surface area (Å²) in [6.07, 6.45) is 0. The lowest BCUT2D eigenvalue weighted by atomic mass is 10.1. The third-order valence-corrected chi connectivity index (χ3v) is 2.61. The van der Waals surface area contributed by atoms with Crippen LogP contribution in [0.3, 0.4) is 0 Å². The van der Waals surface area contributed by atoms with Crippen molar-refractivity contribution >= 4 is 5.69 Å². The molecular formula is C14H17N3O. The molecule has 1 aromatic heterocycles. The van der Waals surface area contributed by atoms with Crippen LogP contribution in [0.4, 0.5) is 5.69 Å². The molecule has 2 aromatic rings. The highest BCUT2D eigenvalue weighted by Gasteiger charge is 2.04. The van der Waals surface area contributed by atoms with Crippen molar-refractivity contribution in [2.75, 3.05) is 5.73 Å². The Kier molecular flexibility index (Phi) is 3.46. The first kappa shape index (κ1) is 12.4. The first-order valence-corrected chi connectivity index (χ1v) is 6.00. The lowest BCUT2D eigenvalue weighted by Gasteiger charge is -2.09. The Hall–Kier alpha value is -2.10. The molecule has 0 spiro atoms. The third kappa shape index (κ3) is 2.77. The van der Waals surface area contributed by atoms with Crippen molar-refractivity contribution in [1.29, 1.82) is 0 Å². The fraction of sp³-hybridized carbons (Fsp3) is 0.286. The molecule has 4 nitrogen and oxygen atoms in total. The van der Waals surface area contributed by atoms with Gasteiger partial charge in [0.2, 0.25) is 0 Å². The molecule has 0 saturated carbocycles. The number of nitrogens with zero attached hydrogens (tertiary/aromatic N) is 2. The summed E-state index contributed by atoms with van der Waals surface area (Å²) in [5.74, 6) is 0.386. The lowest BCUT2D eigenvalue weighted by Crippen LogP contribution is -2.24. The first-order chi connectivity index (χ1) is 8.56. The van der Waals surface area contributed by atoms with E-state index in [-0.39, 0.29) is 5.56 Å². The van der Waals surface area contributed by atoms with Crippen LogP contribution in [0.25, 0.3) is 11.3 Å². The number of rotatable bonds is 3. The Morgan fingerprint density at radius 2 is 1.83 bits per heavy atom. The van der Waals surface area contributed by atoms with Crippen LogP contribution < -0.4 is 11.3 Å². The number of anilines is 1.